The van der Waals surface area contributed by atoms with Crippen molar-refractivity contribution in [2.75, 3.05) is 0 Å². The topological polar surface area (TPSA) is 116 Å². The molecule has 0 aliphatic heterocycles. The summed E-state index contributed by atoms with van der Waals surface area (Å²) in [5.41, 5.74) is 11.3. The lowest BCUT2D eigenvalue weighted by atomic mass is 10.1. The SMILES string of the molecule is Cc1cccc(-n2cc(C(=O)N=C(N)N)c3ccccc3c2=O)n1. The minimum Gasteiger partial charge on any atom is -0.370 e. The third kappa shape index (κ3) is 2.74. The van der Waals surface area contributed by atoms with Gasteiger partial charge in [0.25, 0.3) is 11.5 Å². The molecule has 7 nitrogen and oxygen atoms in total. The summed E-state index contributed by atoms with van der Waals surface area (Å²) in [6.07, 6.45) is 1.42. The van der Waals surface area contributed by atoms with Gasteiger partial charge in [0.05, 0.1) is 5.56 Å². The highest BCUT2D eigenvalue weighted by atomic mass is 16.1. The van der Waals surface area contributed by atoms with E-state index in [1.807, 2.05) is 13.0 Å². The summed E-state index contributed by atoms with van der Waals surface area (Å²) >= 11 is 0. The molecule has 3 rings (SSSR count). The average molecular weight is 321 g/mol. The number of guanidine groups is 1. The molecular formula is C17H15N5O2. The van der Waals surface area contributed by atoms with E-state index in [0.29, 0.717) is 16.6 Å². The predicted molar refractivity (Wildman–Crippen MR) is 92.2 cm³/mol. The first-order valence-electron chi connectivity index (χ1n) is 7.20. The first-order chi connectivity index (χ1) is 11.5. The van der Waals surface area contributed by atoms with Gasteiger partial charge in [-0.15, -0.1) is 0 Å². The highest BCUT2D eigenvalue weighted by Crippen LogP contribution is 2.18. The molecule has 1 aromatic carbocycles. The van der Waals surface area contributed by atoms with Crippen LogP contribution in [-0.4, -0.2) is 21.4 Å². The molecule has 3 aromatic rings. The number of rotatable bonds is 2. The number of pyridine rings is 2. The van der Waals surface area contributed by atoms with Crippen molar-refractivity contribution in [3.63, 3.8) is 0 Å². The lowest BCUT2D eigenvalue weighted by molar-refractivity contribution is 0.100. The van der Waals surface area contributed by atoms with Crippen molar-refractivity contribution in [2.45, 2.75) is 6.92 Å². The van der Waals surface area contributed by atoms with E-state index < -0.39 is 5.91 Å². The summed E-state index contributed by atoms with van der Waals surface area (Å²) in [5.74, 6) is -0.535. The van der Waals surface area contributed by atoms with E-state index in [2.05, 4.69) is 9.98 Å². The first-order valence-corrected chi connectivity index (χ1v) is 7.20. The second kappa shape index (κ2) is 5.96. The van der Waals surface area contributed by atoms with Gasteiger partial charge in [0, 0.05) is 22.7 Å². The molecular weight excluding hydrogens is 306 g/mol. The van der Waals surface area contributed by atoms with Crippen LogP contribution in [0.2, 0.25) is 0 Å². The molecule has 0 saturated heterocycles. The number of carbonyl (C=O) groups is 1. The number of hydrogen-bond acceptors (Lipinski definition) is 3. The van der Waals surface area contributed by atoms with Crippen LogP contribution in [0.3, 0.4) is 0 Å². The second-order valence-corrected chi connectivity index (χ2v) is 5.24. The van der Waals surface area contributed by atoms with Gasteiger partial charge in [-0.25, -0.2) is 4.98 Å². The minimum atomic E-state index is -0.618. The first kappa shape index (κ1) is 15.4. The number of amides is 1. The summed E-state index contributed by atoms with van der Waals surface area (Å²) < 4.78 is 1.32. The maximum Gasteiger partial charge on any atom is 0.282 e. The molecule has 2 heterocycles. The molecule has 120 valence electrons. The smallest absolute Gasteiger partial charge is 0.282 e. The number of aliphatic imine (C=N–C) groups is 1. The molecule has 0 radical (unpaired) electrons. The number of aromatic nitrogens is 2. The van der Waals surface area contributed by atoms with Gasteiger partial charge in [0.15, 0.2) is 5.96 Å². The number of benzene rings is 1. The molecule has 0 fully saturated rings. The molecule has 0 saturated carbocycles. The molecule has 0 atom stereocenters. The number of carbonyl (C=O) groups excluding carboxylic acids is 1. The quantitative estimate of drug-likeness (QED) is 0.541. The number of aryl methyl sites for hydroxylation is 1. The zero-order chi connectivity index (χ0) is 17.3. The highest BCUT2D eigenvalue weighted by molar-refractivity contribution is 6.10. The van der Waals surface area contributed by atoms with Crippen LogP contribution < -0.4 is 17.0 Å². The van der Waals surface area contributed by atoms with Gasteiger partial charge in [-0.05, 0) is 25.1 Å². The van der Waals surface area contributed by atoms with E-state index in [4.69, 9.17) is 11.5 Å². The minimum absolute atomic E-state index is 0.224. The van der Waals surface area contributed by atoms with Crippen molar-refractivity contribution < 1.29 is 4.79 Å². The van der Waals surface area contributed by atoms with Crippen LogP contribution in [0.1, 0.15) is 16.1 Å². The van der Waals surface area contributed by atoms with Gasteiger partial charge < -0.3 is 11.5 Å². The predicted octanol–water partition coefficient (Wildman–Crippen LogP) is 1.11. The Hall–Kier alpha value is -3.48. The van der Waals surface area contributed by atoms with Crippen molar-refractivity contribution >= 4 is 22.6 Å². The van der Waals surface area contributed by atoms with Crippen LogP contribution in [0, 0.1) is 6.92 Å². The Bertz CT molecular complexity index is 1030. The van der Waals surface area contributed by atoms with Crippen molar-refractivity contribution in [3.8, 4) is 5.82 Å². The summed E-state index contributed by atoms with van der Waals surface area (Å²) in [4.78, 5) is 33.0. The number of nitrogens with two attached hydrogens (primary N) is 2. The Morgan fingerprint density at radius 1 is 1.08 bits per heavy atom. The molecule has 0 aliphatic rings. The third-order valence-corrected chi connectivity index (χ3v) is 3.51. The third-order valence-electron chi connectivity index (χ3n) is 3.51. The standard InChI is InChI=1S/C17H15N5O2/c1-10-5-4-8-14(20-10)22-9-13(15(23)21-17(18)19)11-6-2-3-7-12(11)16(22)24/h2-9H,1H3,(H4,18,19,21,23). The fraction of sp³-hybridized carbons (Fsp3) is 0.0588. The zero-order valence-corrected chi connectivity index (χ0v) is 12.9. The molecule has 0 spiro atoms. The van der Waals surface area contributed by atoms with Crippen LogP contribution >= 0.6 is 0 Å². The molecule has 0 bridgehead atoms. The van der Waals surface area contributed by atoms with Gasteiger partial charge in [0.2, 0.25) is 0 Å². The van der Waals surface area contributed by atoms with Crippen molar-refractivity contribution in [3.05, 3.63) is 70.3 Å². The molecule has 0 unspecified atom stereocenters. The maximum atomic E-state index is 12.8. The van der Waals surface area contributed by atoms with Gasteiger partial charge in [-0.1, -0.05) is 24.3 Å². The Labute approximate surface area is 137 Å². The highest BCUT2D eigenvalue weighted by Gasteiger charge is 2.15. The van der Waals surface area contributed by atoms with E-state index in [0.717, 1.165) is 5.69 Å². The van der Waals surface area contributed by atoms with Crippen molar-refractivity contribution in [2.24, 2.45) is 16.5 Å². The molecule has 24 heavy (non-hydrogen) atoms. The second-order valence-electron chi connectivity index (χ2n) is 5.24. The zero-order valence-electron chi connectivity index (χ0n) is 12.9. The molecule has 4 N–H and O–H groups in total. The largest absolute Gasteiger partial charge is 0.370 e. The van der Waals surface area contributed by atoms with Crippen LogP contribution in [0.25, 0.3) is 16.6 Å². The Morgan fingerprint density at radius 3 is 2.46 bits per heavy atom. The summed E-state index contributed by atoms with van der Waals surface area (Å²) in [5, 5.41) is 0.874. The fourth-order valence-electron chi connectivity index (χ4n) is 2.47. The Balaban J connectivity index is 2.36. The Morgan fingerprint density at radius 2 is 1.79 bits per heavy atom. The van der Waals surface area contributed by atoms with Gasteiger partial charge in [-0.2, -0.15) is 4.99 Å². The molecule has 1 amide bonds. The number of fused-ring (bicyclic) bond motifs is 1. The lowest BCUT2D eigenvalue weighted by Gasteiger charge is -2.10. The fourth-order valence-corrected chi connectivity index (χ4v) is 2.47. The van der Waals surface area contributed by atoms with E-state index in [1.165, 1.54) is 10.8 Å². The van der Waals surface area contributed by atoms with Gasteiger partial charge in [0.1, 0.15) is 5.82 Å². The summed E-state index contributed by atoms with van der Waals surface area (Å²) in [6, 6.07) is 12.1. The van der Waals surface area contributed by atoms with Crippen molar-refractivity contribution in [1.29, 1.82) is 0 Å². The summed E-state index contributed by atoms with van der Waals surface area (Å²) in [6.45, 7) is 1.82. The van der Waals surface area contributed by atoms with E-state index in [-0.39, 0.29) is 17.1 Å². The number of nitrogens with zero attached hydrogens (tertiary/aromatic N) is 3. The van der Waals surface area contributed by atoms with E-state index in [9.17, 15) is 9.59 Å². The van der Waals surface area contributed by atoms with Crippen LogP contribution in [0.5, 0.6) is 0 Å². The number of hydrogen-bond donors (Lipinski definition) is 2. The maximum absolute atomic E-state index is 12.8. The molecule has 7 heteroatoms. The summed E-state index contributed by atoms with van der Waals surface area (Å²) in [7, 11) is 0. The van der Waals surface area contributed by atoms with Gasteiger partial charge in [-0.3, -0.25) is 14.2 Å². The lowest BCUT2D eigenvalue weighted by Crippen LogP contribution is -2.25. The molecule has 0 aliphatic carbocycles. The van der Waals surface area contributed by atoms with Crippen molar-refractivity contribution in [1.82, 2.24) is 9.55 Å². The van der Waals surface area contributed by atoms with E-state index in [1.54, 1.807) is 36.4 Å². The van der Waals surface area contributed by atoms with Gasteiger partial charge >= 0.3 is 0 Å². The van der Waals surface area contributed by atoms with Crippen LogP contribution in [0.15, 0.2) is 58.4 Å². The average Bonchev–Trinajstić information content (AvgIpc) is 2.54. The molecule has 2 aromatic heterocycles. The van der Waals surface area contributed by atoms with E-state index >= 15 is 0 Å². The van der Waals surface area contributed by atoms with Crippen LogP contribution in [-0.2, 0) is 0 Å². The normalized spacial score (nSPS) is 10.5. The Kier molecular flexibility index (Phi) is 3.83. The van der Waals surface area contributed by atoms with Crippen LogP contribution in [0.4, 0.5) is 0 Å². The monoisotopic (exact) mass is 321 g/mol.